The molecule has 0 spiro atoms. The summed E-state index contributed by atoms with van der Waals surface area (Å²) in [7, 11) is 1.54. The summed E-state index contributed by atoms with van der Waals surface area (Å²) in [5.41, 5.74) is 0. The van der Waals surface area contributed by atoms with Crippen LogP contribution in [0.4, 0.5) is 0 Å². The van der Waals surface area contributed by atoms with E-state index in [1.54, 1.807) is 6.08 Å². The number of hydrogen-bond donors (Lipinski definition) is 3. The van der Waals surface area contributed by atoms with Crippen LogP contribution in [0.3, 0.4) is 0 Å². The van der Waals surface area contributed by atoms with Gasteiger partial charge in [-0.25, -0.2) is 4.57 Å². The molecule has 9 heteroatoms. The van der Waals surface area contributed by atoms with Gasteiger partial charge in [0.25, 0.3) is 0 Å². The molecule has 3 unspecified atom stereocenters. The molecule has 3 atom stereocenters. The number of aliphatic hydroxyl groups is 1. The van der Waals surface area contributed by atoms with E-state index >= 15 is 0 Å². The Morgan fingerprint density at radius 2 is 1.22 bits per heavy atom. The van der Waals surface area contributed by atoms with Gasteiger partial charge in [-0.1, -0.05) is 127 Å². The molecule has 0 rings (SSSR count). The second-order valence-corrected chi connectivity index (χ2v) is 14.7. The molecule has 3 N–H and O–H groups in total. The Balaban J connectivity index is 4.67. The minimum absolute atomic E-state index is 0.0538. The van der Waals surface area contributed by atoms with Gasteiger partial charge >= 0.3 is 7.82 Å². The van der Waals surface area contributed by atoms with E-state index in [1.165, 1.54) is 64.2 Å². The molecule has 264 valence electrons. The number of allylic oxidation sites excluding steroid dienone is 5. The normalized spacial score (nSPS) is 15.3. The fourth-order valence-electron chi connectivity index (χ4n) is 4.64. The molecule has 0 aliphatic heterocycles. The fraction of sp³-hybridized carbons (Fsp3) is 0.806. The van der Waals surface area contributed by atoms with Crippen molar-refractivity contribution in [3.63, 3.8) is 0 Å². The van der Waals surface area contributed by atoms with E-state index < -0.39 is 20.0 Å². The number of aliphatic hydroxyl groups excluding tert-OH is 1. The van der Waals surface area contributed by atoms with Gasteiger partial charge in [0.2, 0.25) is 5.91 Å². The molecule has 0 aromatic rings. The number of nitrogens with one attached hydrogen (secondary N) is 1. The molecular weight excluding hydrogens is 587 g/mol. The molecule has 0 aliphatic rings. The van der Waals surface area contributed by atoms with Crippen molar-refractivity contribution in [2.45, 2.75) is 148 Å². The molecule has 0 heterocycles. The first kappa shape index (κ1) is 43.7. The standard InChI is InChI=1S/C36H69N2O6P/c1-6-8-10-12-14-16-18-20-21-23-25-27-29-35(39)34(33-44-45(41,42)43-32-31-38(3,4)5)37-36(40)30-28-26-24-22-19-17-15-13-11-9-7-2/h12,14,20-21,27,29,34-35,39H,6-11,13,15-19,22-26,28,30-33H2,1-5H3,(H-,37,40,41,42)/p+1/b14-12+,21-20+,29-27+. The Hall–Kier alpha value is -1.28. The highest BCUT2D eigenvalue weighted by molar-refractivity contribution is 7.47. The van der Waals surface area contributed by atoms with Gasteiger partial charge < -0.3 is 19.8 Å². The van der Waals surface area contributed by atoms with E-state index in [4.69, 9.17) is 9.05 Å². The van der Waals surface area contributed by atoms with Crippen molar-refractivity contribution in [2.24, 2.45) is 0 Å². The van der Waals surface area contributed by atoms with Crippen LogP contribution >= 0.6 is 7.82 Å². The van der Waals surface area contributed by atoms with Gasteiger partial charge in [0.15, 0.2) is 0 Å². The third-order valence-electron chi connectivity index (χ3n) is 7.59. The number of unbranched alkanes of at least 4 members (excludes halogenated alkanes) is 14. The Morgan fingerprint density at radius 3 is 1.76 bits per heavy atom. The number of carbonyl (C=O) groups is 1. The van der Waals surface area contributed by atoms with Gasteiger partial charge in [0.1, 0.15) is 13.2 Å². The molecule has 0 aromatic heterocycles. The number of phosphoric acid groups is 1. The van der Waals surface area contributed by atoms with Crippen LogP contribution in [-0.4, -0.2) is 73.4 Å². The van der Waals surface area contributed by atoms with Gasteiger partial charge in [-0.05, 0) is 38.5 Å². The van der Waals surface area contributed by atoms with Crippen LogP contribution in [0.1, 0.15) is 136 Å². The first-order chi connectivity index (χ1) is 21.5. The van der Waals surface area contributed by atoms with Crippen molar-refractivity contribution in [1.82, 2.24) is 5.32 Å². The fourth-order valence-corrected chi connectivity index (χ4v) is 5.38. The van der Waals surface area contributed by atoms with E-state index in [1.807, 2.05) is 27.2 Å². The number of phosphoric ester groups is 1. The molecule has 0 aromatic carbocycles. The number of hydrogen-bond acceptors (Lipinski definition) is 5. The number of amides is 1. The molecule has 8 nitrogen and oxygen atoms in total. The van der Waals surface area contributed by atoms with Gasteiger partial charge in [0, 0.05) is 6.42 Å². The zero-order valence-corrected chi connectivity index (χ0v) is 30.5. The average molecular weight is 658 g/mol. The lowest BCUT2D eigenvalue weighted by Gasteiger charge is -2.25. The van der Waals surface area contributed by atoms with Gasteiger partial charge in [-0.3, -0.25) is 13.8 Å². The van der Waals surface area contributed by atoms with E-state index in [-0.39, 0.29) is 19.1 Å². The summed E-state index contributed by atoms with van der Waals surface area (Å²) in [6.07, 6.45) is 32.1. The SMILES string of the molecule is CCCC/C=C/CC/C=C/CC/C=C/C(O)C(COP(=O)(O)OCC[N+](C)(C)C)NC(=O)CCCCCCCCCCCCC. The van der Waals surface area contributed by atoms with Crippen LogP contribution in [0.15, 0.2) is 36.5 Å². The molecule has 0 saturated heterocycles. The molecule has 0 fully saturated rings. The van der Waals surface area contributed by atoms with Crippen molar-refractivity contribution in [3.8, 4) is 0 Å². The first-order valence-corrected chi connectivity index (χ1v) is 19.4. The third-order valence-corrected chi connectivity index (χ3v) is 8.57. The summed E-state index contributed by atoms with van der Waals surface area (Å²) >= 11 is 0. The molecule has 1 amide bonds. The van der Waals surface area contributed by atoms with E-state index in [0.717, 1.165) is 51.4 Å². The zero-order chi connectivity index (χ0) is 33.7. The van der Waals surface area contributed by atoms with Crippen LogP contribution in [0, 0.1) is 0 Å². The second-order valence-electron chi connectivity index (χ2n) is 13.2. The van der Waals surface area contributed by atoms with Crippen LogP contribution in [0.5, 0.6) is 0 Å². The highest BCUT2D eigenvalue weighted by Gasteiger charge is 2.27. The average Bonchev–Trinajstić information content (AvgIpc) is 2.97. The number of rotatable bonds is 31. The molecule has 0 radical (unpaired) electrons. The van der Waals surface area contributed by atoms with E-state index in [9.17, 15) is 19.4 Å². The Bertz CT molecular complexity index is 840. The smallest absolute Gasteiger partial charge is 0.387 e. The molecule has 0 saturated carbocycles. The third kappa shape index (κ3) is 31.1. The summed E-state index contributed by atoms with van der Waals surface area (Å²) in [4.78, 5) is 22.9. The lowest BCUT2D eigenvalue weighted by atomic mass is 10.0. The maximum Gasteiger partial charge on any atom is 0.472 e. The number of nitrogens with zero attached hydrogens (tertiary/aromatic N) is 1. The summed E-state index contributed by atoms with van der Waals surface area (Å²) in [6.45, 7) is 4.69. The second kappa shape index (κ2) is 28.9. The van der Waals surface area contributed by atoms with Crippen molar-refractivity contribution in [2.75, 3.05) is 40.9 Å². The predicted octanol–water partition coefficient (Wildman–Crippen LogP) is 8.79. The lowest BCUT2D eigenvalue weighted by Crippen LogP contribution is -2.45. The largest absolute Gasteiger partial charge is 0.472 e. The maximum atomic E-state index is 12.7. The van der Waals surface area contributed by atoms with Crippen molar-refractivity contribution in [1.29, 1.82) is 0 Å². The first-order valence-electron chi connectivity index (χ1n) is 17.9. The minimum Gasteiger partial charge on any atom is -0.387 e. The number of likely N-dealkylation sites (N-methyl/N-ethyl adjacent to an activating group) is 1. The van der Waals surface area contributed by atoms with Gasteiger partial charge in [0.05, 0.1) is 39.9 Å². The summed E-state index contributed by atoms with van der Waals surface area (Å²) in [6, 6.07) is -0.862. The van der Waals surface area contributed by atoms with Crippen LogP contribution in [-0.2, 0) is 18.4 Å². The highest BCUT2D eigenvalue weighted by atomic mass is 31.2. The summed E-state index contributed by atoms with van der Waals surface area (Å²) in [5.74, 6) is -0.197. The zero-order valence-electron chi connectivity index (χ0n) is 29.6. The topological polar surface area (TPSA) is 105 Å². The Kier molecular flexibility index (Phi) is 28.1. The number of quaternary nitrogens is 1. The van der Waals surface area contributed by atoms with E-state index in [2.05, 4.69) is 43.5 Å². The van der Waals surface area contributed by atoms with Crippen molar-refractivity contribution < 1.29 is 32.9 Å². The maximum absolute atomic E-state index is 12.7. The van der Waals surface area contributed by atoms with Crippen molar-refractivity contribution >= 4 is 13.7 Å². The van der Waals surface area contributed by atoms with Crippen LogP contribution in [0.2, 0.25) is 0 Å². The minimum atomic E-state index is -4.33. The molecule has 45 heavy (non-hydrogen) atoms. The van der Waals surface area contributed by atoms with Crippen LogP contribution in [0.25, 0.3) is 0 Å². The summed E-state index contributed by atoms with van der Waals surface area (Å²) in [5, 5.41) is 13.7. The Labute approximate surface area is 276 Å². The van der Waals surface area contributed by atoms with Crippen molar-refractivity contribution in [3.05, 3.63) is 36.5 Å². The quantitative estimate of drug-likeness (QED) is 0.0298. The van der Waals surface area contributed by atoms with Gasteiger partial charge in [-0.2, -0.15) is 0 Å². The molecule has 0 bridgehead atoms. The molecule has 0 aliphatic carbocycles. The lowest BCUT2D eigenvalue weighted by molar-refractivity contribution is -0.870. The van der Waals surface area contributed by atoms with Gasteiger partial charge in [-0.15, -0.1) is 0 Å². The number of carbonyl (C=O) groups excluding carboxylic acids is 1. The van der Waals surface area contributed by atoms with E-state index in [0.29, 0.717) is 17.4 Å². The Morgan fingerprint density at radius 1 is 0.733 bits per heavy atom. The monoisotopic (exact) mass is 657 g/mol. The predicted molar refractivity (Wildman–Crippen MR) is 189 cm³/mol. The molecular formula is C36H70N2O6P+. The highest BCUT2D eigenvalue weighted by Crippen LogP contribution is 2.43. The summed E-state index contributed by atoms with van der Waals surface area (Å²) < 4.78 is 23.3. The van der Waals surface area contributed by atoms with Crippen LogP contribution < -0.4 is 5.32 Å².